The Labute approximate surface area is 212 Å². The molecule has 1 atom stereocenters. The zero-order chi connectivity index (χ0) is 25.9. The van der Waals surface area contributed by atoms with E-state index in [0.717, 1.165) is 19.5 Å². The number of likely N-dealkylation sites (tertiary alicyclic amines) is 1. The maximum Gasteiger partial charge on any atom is 0.247 e. The van der Waals surface area contributed by atoms with Gasteiger partial charge in [0.05, 0.1) is 24.0 Å². The minimum atomic E-state index is -0.367. The van der Waals surface area contributed by atoms with Crippen LogP contribution in [0.15, 0.2) is 61.4 Å². The molecule has 1 aliphatic heterocycles. The second kappa shape index (κ2) is 10.2. The lowest BCUT2D eigenvalue weighted by atomic mass is 10.1. The highest BCUT2D eigenvalue weighted by Crippen LogP contribution is 2.39. The number of benzene rings is 2. The van der Waals surface area contributed by atoms with Crippen molar-refractivity contribution >= 4 is 28.6 Å². The molecule has 1 amide bonds. The van der Waals surface area contributed by atoms with Gasteiger partial charge in [-0.2, -0.15) is 0 Å². The van der Waals surface area contributed by atoms with Gasteiger partial charge in [-0.05, 0) is 37.7 Å². The fraction of sp³-hybridized carbons (Fsp3) is 0.231. The van der Waals surface area contributed by atoms with Crippen LogP contribution in [0.3, 0.4) is 0 Å². The number of amides is 1. The smallest absolute Gasteiger partial charge is 0.247 e. The number of ether oxygens (including phenoxy) is 2. The van der Waals surface area contributed by atoms with E-state index in [0.29, 0.717) is 45.5 Å². The van der Waals surface area contributed by atoms with Gasteiger partial charge in [-0.15, -0.1) is 5.10 Å². The van der Waals surface area contributed by atoms with Crippen molar-refractivity contribution in [2.24, 2.45) is 0 Å². The summed E-state index contributed by atoms with van der Waals surface area (Å²) in [5.41, 5.74) is 2.76. The van der Waals surface area contributed by atoms with Gasteiger partial charge in [0.15, 0.2) is 0 Å². The molecule has 0 bridgehead atoms. The Bertz CT molecular complexity index is 1470. The summed E-state index contributed by atoms with van der Waals surface area (Å²) in [6, 6.07) is 11.4. The molecule has 2 N–H and O–H groups in total. The van der Waals surface area contributed by atoms with Crippen LogP contribution in [0.5, 0.6) is 11.5 Å². The molecule has 1 aliphatic rings. The molecule has 0 aliphatic carbocycles. The molecule has 190 valence electrons. The maximum absolute atomic E-state index is 13.8. The summed E-state index contributed by atoms with van der Waals surface area (Å²) in [6.07, 6.45) is 3.58. The molecular formula is C26H26FN7O3. The van der Waals surface area contributed by atoms with E-state index in [9.17, 15) is 9.18 Å². The fourth-order valence-corrected chi connectivity index (χ4v) is 4.23. The van der Waals surface area contributed by atoms with Gasteiger partial charge in [-0.1, -0.05) is 23.9 Å². The fourth-order valence-electron chi connectivity index (χ4n) is 4.23. The number of carbonyl (C=O) groups excluding carboxylic acids is 1. The quantitative estimate of drug-likeness (QED) is 0.349. The normalized spacial score (nSPS) is 15.5. The van der Waals surface area contributed by atoms with E-state index >= 15 is 0 Å². The van der Waals surface area contributed by atoms with Crippen LogP contribution in [0.1, 0.15) is 6.42 Å². The van der Waals surface area contributed by atoms with Gasteiger partial charge in [0, 0.05) is 30.8 Å². The van der Waals surface area contributed by atoms with Crippen LogP contribution in [-0.4, -0.2) is 64.0 Å². The average Bonchev–Trinajstić information content (AvgIpc) is 3.50. The number of aromatic nitrogens is 4. The van der Waals surface area contributed by atoms with Gasteiger partial charge in [0.2, 0.25) is 5.91 Å². The van der Waals surface area contributed by atoms with Crippen molar-refractivity contribution < 1.29 is 18.7 Å². The summed E-state index contributed by atoms with van der Waals surface area (Å²) in [5.74, 6) is 0.731. The predicted molar refractivity (Wildman–Crippen MR) is 138 cm³/mol. The number of likely N-dealkylation sites (N-methyl/N-ethyl adjacent to an activating group) is 1. The molecule has 5 rings (SSSR count). The Kier molecular flexibility index (Phi) is 6.69. The Balaban J connectivity index is 1.50. The summed E-state index contributed by atoms with van der Waals surface area (Å²) in [4.78, 5) is 18.7. The van der Waals surface area contributed by atoms with Crippen LogP contribution in [0.2, 0.25) is 0 Å². The molecule has 4 aromatic rings. The minimum absolute atomic E-state index is 0.00687. The summed E-state index contributed by atoms with van der Waals surface area (Å²) in [5, 5.41) is 14.3. The molecule has 10 nitrogen and oxygen atoms in total. The third-order valence-corrected chi connectivity index (χ3v) is 6.06. The topological polar surface area (TPSA) is 106 Å². The van der Waals surface area contributed by atoms with Crippen molar-refractivity contribution in [3.05, 3.63) is 67.3 Å². The number of nitrogens with zero attached hydrogens (tertiary/aromatic N) is 5. The molecule has 3 heterocycles. The van der Waals surface area contributed by atoms with Crippen molar-refractivity contribution in [3.63, 3.8) is 0 Å². The van der Waals surface area contributed by atoms with Crippen molar-refractivity contribution in [3.8, 4) is 22.8 Å². The van der Waals surface area contributed by atoms with E-state index in [-0.39, 0.29) is 17.8 Å². The number of methoxy groups -OCH3 is 1. The van der Waals surface area contributed by atoms with E-state index < -0.39 is 0 Å². The van der Waals surface area contributed by atoms with Gasteiger partial charge in [-0.3, -0.25) is 4.79 Å². The summed E-state index contributed by atoms with van der Waals surface area (Å²) < 4.78 is 27.2. The van der Waals surface area contributed by atoms with Crippen LogP contribution in [0.4, 0.5) is 21.6 Å². The Morgan fingerprint density at radius 1 is 1.22 bits per heavy atom. The largest absolute Gasteiger partial charge is 0.494 e. The summed E-state index contributed by atoms with van der Waals surface area (Å²) in [6.45, 7) is 5.26. The second-order valence-electron chi connectivity index (χ2n) is 8.71. The van der Waals surface area contributed by atoms with E-state index in [1.54, 1.807) is 37.4 Å². The highest BCUT2D eigenvalue weighted by molar-refractivity contribution is 6.00. The SMILES string of the molecule is C=CC(=O)Nc1cc(Nc2cc3c(-c4cccc(F)c4)nnn3cn2)c(OC)cc1OC1CCN(C)C1. The Morgan fingerprint density at radius 3 is 2.81 bits per heavy atom. The van der Waals surface area contributed by atoms with Crippen LogP contribution >= 0.6 is 0 Å². The van der Waals surface area contributed by atoms with Crippen LogP contribution < -0.4 is 20.1 Å². The molecule has 0 spiro atoms. The van der Waals surface area contributed by atoms with Gasteiger partial charge >= 0.3 is 0 Å². The van der Waals surface area contributed by atoms with E-state index in [1.807, 2.05) is 7.05 Å². The first kappa shape index (κ1) is 24.2. The molecular weight excluding hydrogens is 477 g/mol. The third kappa shape index (κ3) is 5.21. The number of anilines is 3. The molecule has 2 aromatic heterocycles. The lowest BCUT2D eigenvalue weighted by Crippen LogP contribution is -2.22. The monoisotopic (exact) mass is 503 g/mol. The first-order valence-electron chi connectivity index (χ1n) is 11.7. The molecule has 11 heteroatoms. The Morgan fingerprint density at radius 2 is 2.08 bits per heavy atom. The molecule has 2 aromatic carbocycles. The molecule has 1 unspecified atom stereocenters. The third-order valence-electron chi connectivity index (χ3n) is 6.06. The predicted octanol–water partition coefficient (Wildman–Crippen LogP) is 3.89. The number of hydrogen-bond donors (Lipinski definition) is 2. The van der Waals surface area contributed by atoms with Crippen molar-refractivity contribution in [1.29, 1.82) is 0 Å². The number of fused-ring (bicyclic) bond motifs is 1. The number of halogens is 1. The van der Waals surface area contributed by atoms with Gasteiger partial charge in [0.25, 0.3) is 0 Å². The molecule has 0 radical (unpaired) electrons. The summed E-state index contributed by atoms with van der Waals surface area (Å²) in [7, 11) is 3.59. The Hall–Kier alpha value is -4.51. The van der Waals surface area contributed by atoms with Crippen LogP contribution in [0, 0.1) is 5.82 Å². The summed E-state index contributed by atoms with van der Waals surface area (Å²) >= 11 is 0. The van der Waals surface area contributed by atoms with Crippen LogP contribution in [-0.2, 0) is 4.79 Å². The van der Waals surface area contributed by atoms with Gasteiger partial charge < -0.3 is 25.0 Å². The van der Waals surface area contributed by atoms with E-state index in [2.05, 4.69) is 37.4 Å². The van der Waals surface area contributed by atoms with Crippen molar-refractivity contribution in [1.82, 2.24) is 24.7 Å². The van der Waals surface area contributed by atoms with Gasteiger partial charge in [0.1, 0.15) is 41.3 Å². The standard InChI is InChI=1S/C26H26FN7O3/c1-4-25(35)30-20-11-19(22(36-3)13-23(20)37-18-8-9-33(2)14-18)29-24-12-21-26(31-32-34(21)15-28-24)16-6-5-7-17(27)10-16/h4-7,10-13,15,18,29H,1,8-9,14H2,2-3H3,(H,30,35). The second-order valence-corrected chi connectivity index (χ2v) is 8.71. The van der Waals surface area contributed by atoms with E-state index in [4.69, 9.17) is 9.47 Å². The van der Waals surface area contributed by atoms with E-state index in [1.165, 1.54) is 29.1 Å². The molecule has 37 heavy (non-hydrogen) atoms. The number of hydrogen-bond acceptors (Lipinski definition) is 8. The first-order valence-corrected chi connectivity index (χ1v) is 11.7. The number of nitrogens with one attached hydrogen (secondary N) is 2. The zero-order valence-electron chi connectivity index (χ0n) is 20.4. The van der Waals surface area contributed by atoms with Gasteiger partial charge in [-0.25, -0.2) is 13.9 Å². The lowest BCUT2D eigenvalue weighted by molar-refractivity contribution is -0.111. The minimum Gasteiger partial charge on any atom is -0.494 e. The highest BCUT2D eigenvalue weighted by Gasteiger charge is 2.23. The average molecular weight is 504 g/mol. The molecule has 1 fully saturated rings. The zero-order valence-corrected chi connectivity index (χ0v) is 20.4. The highest BCUT2D eigenvalue weighted by atomic mass is 19.1. The number of rotatable bonds is 8. The first-order chi connectivity index (χ1) is 17.9. The van der Waals surface area contributed by atoms with Crippen molar-refractivity contribution in [2.75, 3.05) is 37.9 Å². The molecule has 1 saturated heterocycles. The maximum atomic E-state index is 13.8. The van der Waals surface area contributed by atoms with Crippen LogP contribution in [0.25, 0.3) is 16.8 Å². The molecule has 0 saturated carbocycles. The number of carbonyl (C=O) groups is 1. The van der Waals surface area contributed by atoms with Crippen molar-refractivity contribution in [2.45, 2.75) is 12.5 Å². The lowest BCUT2D eigenvalue weighted by Gasteiger charge is -2.20.